The van der Waals surface area contributed by atoms with Crippen LogP contribution in [0.15, 0.2) is 0 Å². The van der Waals surface area contributed by atoms with E-state index in [1.54, 1.807) is 6.92 Å². The molecule has 4 nitrogen and oxygen atoms in total. The van der Waals surface area contributed by atoms with Crippen LogP contribution in [0.1, 0.15) is 13.8 Å². The Labute approximate surface area is 67.7 Å². The fourth-order valence-corrected chi connectivity index (χ4v) is 3.39. The van der Waals surface area contributed by atoms with Gasteiger partial charge in [-0.2, -0.15) is 0 Å². The van der Waals surface area contributed by atoms with Gasteiger partial charge < -0.3 is 4.52 Å². The lowest BCUT2D eigenvalue weighted by molar-refractivity contribution is 0.353. The van der Waals surface area contributed by atoms with E-state index in [9.17, 15) is 13.0 Å². The van der Waals surface area contributed by atoms with Gasteiger partial charge in [0.2, 0.25) is 8.03 Å². The third-order valence-electron chi connectivity index (χ3n) is 1.08. The van der Waals surface area contributed by atoms with Gasteiger partial charge in [-0.25, -0.2) is 8.42 Å². The van der Waals surface area contributed by atoms with Gasteiger partial charge in [0, 0.05) is 5.75 Å². The third kappa shape index (κ3) is 5.41. The molecule has 0 aliphatic carbocycles. The summed E-state index contributed by atoms with van der Waals surface area (Å²) < 4.78 is 37.1. The largest absolute Gasteiger partial charge is 0.330 e. The molecule has 0 aliphatic rings. The first kappa shape index (κ1) is 11.1. The molecule has 0 saturated carbocycles. The molecule has 1 unspecified atom stereocenters. The average molecular weight is 200 g/mol. The minimum Gasteiger partial charge on any atom is -0.330 e. The van der Waals surface area contributed by atoms with Crippen LogP contribution in [0.2, 0.25) is 0 Å². The van der Waals surface area contributed by atoms with Crippen LogP contribution in [-0.4, -0.2) is 26.3 Å². The number of hydrogen-bond donors (Lipinski definition) is 0. The highest BCUT2D eigenvalue weighted by atomic mass is 32.2. The van der Waals surface area contributed by atoms with E-state index in [4.69, 9.17) is 0 Å². The van der Waals surface area contributed by atoms with E-state index < -0.39 is 17.9 Å². The van der Waals surface area contributed by atoms with Crippen LogP contribution in [0.25, 0.3) is 0 Å². The molecule has 0 spiro atoms. The summed E-state index contributed by atoms with van der Waals surface area (Å²) >= 11 is 0. The van der Waals surface area contributed by atoms with Crippen LogP contribution < -0.4 is 0 Å². The molecule has 68 valence electrons. The Morgan fingerprint density at radius 1 is 1.36 bits per heavy atom. The Kier molecular flexibility index (Phi) is 4.97. The minimum absolute atomic E-state index is 0.0243. The van der Waals surface area contributed by atoms with E-state index in [2.05, 4.69) is 4.52 Å². The monoisotopic (exact) mass is 200 g/mol. The summed E-state index contributed by atoms with van der Waals surface area (Å²) in [7, 11) is -5.48. The van der Waals surface area contributed by atoms with Gasteiger partial charge in [0.25, 0.3) is 0 Å². The molecule has 0 bridgehead atoms. The van der Waals surface area contributed by atoms with Gasteiger partial charge >= 0.3 is 0 Å². The fourth-order valence-electron chi connectivity index (χ4n) is 0.484. The predicted molar refractivity (Wildman–Crippen MR) is 45.0 cm³/mol. The summed E-state index contributed by atoms with van der Waals surface area (Å²) in [4.78, 5) is 0. The zero-order valence-electron chi connectivity index (χ0n) is 6.66. The maximum Gasteiger partial charge on any atom is 0.206 e. The summed E-state index contributed by atoms with van der Waals surface area (Å²) in [6, 6.07) is 0. The SMILES string of the molecule is CCO[PH](=O)CS(=O)(=O)CC. The average Bonchev–Trinajstić information content (AvgIpc) is 1.87. The quantitative estimate of drug-likeness (QED) is 0.618. The van der Waals surface area contributed by atoms with Crippen molar-refractivity contribution in [2.24, 2.45) is 0 Å². The first-order chi connectivity index (χ1) is 5.02. The third-order valence-corrected chi connectivity index (χ3v) is 5.28. The molecular formula is C5H13O4PS. The van der Waals surface area contributed by atoms with E-state index in [1.807, 2.05) is 0 Å². The normalized spacial score (nSPS) is 14.7. The topological polar surface area (TPSA) is 60.4 Å². The van der Waals surface area contributed by atoms with Crippen molar-refractivity contribution < 1.29 is 17.5 Å². The Morgan fingerprint density at radius 2 is 1.91 bits per heavy atom. The van der Waals surface area contributed by atoms with Gasteiger partial charge in [-0.15, -0.1) is 0 Å². The second-order valence-corrected chi connectivity index (χ2v) is 6.23. The highest BCUT2D eigenvalue weighted by molar-refractivity contribution is 7.96. The highest BCUT2D eigenvalue weighted by Gasteiger charge is 2.12. The number of rotatable bonds is 5. The lowest BCUT2D eigenvalue weighted by Gasteiger charge is -2.00. The second-order valence-electron chi connectivity index (χ2n) is 1.98. The van der Waals surface area contributed by atoms with Crippen molar-refractivity contribution in [3.05, 3.63) is 0 Å². The molecular weight excluding hydrogens is 187 g/mol. The number of sulfone groups is 1. The van der Waals surface area contributed by atoms with E-state index >= 15 is 0 Å². The molecule has 0 aromatic carbocycles. The molecule has 1 atom stereocenters. The molecule has 0 N–H and O–H groups in total. The molecule has 0 radical (unpaired) electrons. The van der Waals surface area contributed by atoms with Crippen molar-refractivity contribution in [1.29, 1.82) is 0 Å². The molecule has 0 fully saturated rings. The fraction of sp³-hybridized carbons (Fsp3) is 1.00. The van der Waals surface area contributed by atoms with Crippen LogP contribution in [-0.2, 0) is 18.9 Å². The maximum absolute atomic E-state index is 10.8. The smallest absolute Gasteiger partial charge is 0.206 e. The van der Waals surface area contributed by atoms with E-state index in [-0.39, 0.29) is 11.2 Å². The second kappa shape index (κ2) is 4.91. The Balaban J connectivity index is 3.95. The van der Waals surface area contributed by atoms with Gasteiger partial charge in [0.15, 0.2) is 9.84 Å². The van der Waals surface area contributed by atoms with E-state index in [1.165, 1.54) is 6.92 Å². The molecule has 6 heteroatoms. The lowest BCUT2D eigenvalue weighted by Crippen LogP contribution is -2.05. The molecule has 0 amide bonds. The zero-order valence-corrected chi connectivity index (χ0v) is 8.48. The van der Waals surface area contributed by atoms with Gasteiger partial charge in [-0.05, 0) is 6.92 Å². The maximum atomic E-state index is 10.8. The van der Waals surface area contributed by atoms with Crippen molar-refractivity contribution in [2.75, 3.05) is 17.9 Å². The minimum atomic E-state index is -3.13. The van der Waals surface area contributed by atoms with Crippen molar-refractivity contribution >= 4 is 17.9 Å². The van der Waals surface area contributed by atoms with Gasteiger partial charge in [-0.3, -0.25) is 4.57 Å². The van der Waals surface area contributed by atoms with Crippen LogP contribution >= 0.6 is 8.03 Å². The van der Waals surface area contributed by atoms with Crippen molar-refractivity contribution in [2.45, 2.75) is 13.8 Å². The molecule has 11 heavy (non-hydrogen) atoms. The summed E-state index contributed by atoms with van der Waals surface area (Å²) in [6.45, 7) is 3.51. The molecule has 0 heterocycles. The molecule has 0 saturated heterocycles. The lowest BCUT2D eigenvalue weighted by atomic mass is 10.9. The molecule has 0 rings (SSSR count). The molecule has 0 aromatic rings. The van der Waals surface area contributed by atoms with Crippen LogP contribution in [0, 0.1) is 0 Å². The molecule has 0 aromatic heterocycles. The van der Waals surface area contributed by atoms with Crippen molar-refractivity contribution in [3.8, 4) is 0 Å². The first-order valence-electron chi connectivity index (χ1n) is 3.38. The molecule has 0 aliphatic heterocycles. The summed E-state index contributed by atoms with van der Waals surface area (Å²) in [5, 5.41) is 0. The van der Waals surface area contributed by atoms with Gasteiger partial charge in [-0.1, -0.05) is 6.92 Å². The predicted octanol–water partition coefficient (Wildman–Crippen LogP) is 0.890. The standard InChI is InChI=1S/C5H13O4PS/c1-3-9-10(6)5-11(7,8)4-2/h10H,3-5H2,1-2H3. The Bertz CT molecular complexity index is 221. The summed E-state index contributed by atoms with van der Waals surface area (Å²) in [5.74, 6) is 0.0243. The van der Waals surface area contributed by atoms with Crippen LogP contribution in [0.4, 0.5) is 0 Å². The van der Waals surface area contributed by atoms with Crippen LogP contribution in [0.3, 0.4) is 0 Å². The summed E-state index contributed by atoms with van der Waals surface area (Å²) in [5.41, 5.74) is -0.317. The van der Waals surface area contributed by atoms with Gasteiger partial charge in [0.1, 0.15) is 5.49 Å². The summed E-state index contributed by atoms with van der Waals surface area (Å²) in [6.07, 6.45) is 0. The highest BCUT2D eigenvalue weighted by Crippen LogP contribution is 2.23. The van der Waals surface area contributed by atoms with Crippen molar-refractivity contribution in [1.82, 2.24) is 0 Å². The van der Waals surface area contributed by atoms with E-state index in [0.717, 1.165) is 0 Å². The first-order valence-corrected chi connectivity index (χ1v) is 6.72. The number of hydrogen-bond acceptors (Lipinski definition) is 4. The zero-order chi connectivity index (χ0) is 8.91. The van der Waals surface area contributed by atoms with Crippen molar-refractivity contribution in [3.63, 3.8) is 0 Å². The van der Waals surface area contributed by atoms with Crippen LogP contribution in [0.5, 0.6) is 0 Å². The Hall–Kier alpha value is 0.140. The Morgan fingerprint density at radius 3 is 2.27 bits per heavy atom. The van der Waals surface area contributed by atoms with E-state index in [0.29, 0.717) is 6.61 Å². The van der Waals surface area contributed by atoms with Gasteiger partial charge in [0.05, 0.1) is 6.61 Å².